The van der Waals surface area contributed by atoms with E-state index in [0.717, 1.165) is 25.3 Å². The van der Waals surface area contributed by atoms with Crippen LogP contribution < -0.4 is 5.73 Å². The fraction of sp³-hybridized carbons (Fsp3) is 0.667. The Bertz CT molecular complexity index is 405. The summed E-state index contributed by atoms with van der Waals surface area (Å²) in [5, 5.41) is 0. The van der Waals surface area contributed by atoms with Gasteiger partial charge in [0.05, 0.1) is 6.10 Å². The number of anilines is 1. The van der Waals surface area contributed by atoms with Crippen LogP contribution in [0.1, 0.15) is 31.5 Å². The van der Waals surface area contributed by atoms with E-state index in [1.165, 1.54) is 0 Å². The summed E-state index contributed by atoms with van der Waals surface area (Å²) in [7, 11) is 0. The molecule has 2 atom stereocenters. The van der Waals surface area contributed by atoms with Crippen LogP contribution in [0.3, 0.4) is 0 Å². The minimum Gasteiger partial charge on any atom is -0.377 e. The third-order valence-corrected chi connectivity index (χ3v) is 2.83. The molecule has 1 aliphatic rings. The lowest BCUT2D eigenvalue weighted by atomic mass is 9.99. The zero-order chi connectivity index (χ0) is 10.8. The smallest absolute Gasteiger partial charge is 0.224 e. The van der Waals surface area contributed by atoms with Crippen LogP contribution in [-0.4, -0.2) is 27.7 Å². The van der Waals surface area contributed by atoms with Gasteiger partial charge in [0.1, 0.15) is 5.82 Å². The summed E-state index contributed by atoms with van der Waals surface area (Å²) in [6.07, 6.45) is 2.14. The summed E-state index contributed by atoms with van der Waals surface area (Å²) in [5.74, 6) is 1.39. The van der Waals surface area contributed by atoms with E-state index in [2.05, 4.69) is 21.9 Å². The Morgan fingerprint density at radius 3 is 3.07 bits per heavy atom. The Labute approximate surface area is 93.1 Å². The number of nitrogens with zero attached hydrogens (tertiary/aromatic N) is 2. The summed E-state index contributed by atoms with van der Waals surface area (Å²) in [6, 6.07) is 0. The van der Waals surface area contributed by atoms with Crippen molar-refractivity contribution in [3.05, 3.63) is 10.6 Å². The number of hydrogen-bond donors (Lipinski definition) is 2. The zero-order valence-electron chi connectivity index (χ0n) is 8.56. The van der Waals surface area contributed by atoms with Crippen LogP contribution in [0.25, 0.3) is 0 Å². The highest BCUT2D eigenvalue weighted by atomic mass is 32.1. The van der Waals surface area contributed by atoms with Crippen molar-refractivity contribution in [1.82, 2.24) is 15.0 Å². The van der Waals surface area contributed by atoms with E-state index < -0.39 is 0 Å². The van der Waals surface area contributed by atoms with Gasteiger partial charge < -0.3 is 15.5 Å². The zero-order valence-corrected chi connectivity index (χ0v) is 9.38. The van der Waals surface area contributed by atoms with Gasteiger partial charge in [0.25, 0.3) is 0 Å². The lowest BCUT2D eigenvalue weighted by molar-refractivity contribution is 0.0994. The molecule has 1 saturated heterocycles. The molecular weight excluding hydrogens is 212 g/mol. The highest BCUT2D eigenvalue weighted by Crippen LogP contribution is 2.30. The molecule has 0 bridgehead atoms. The van der Waals surface area contributed by atoms with Crippen LogP contribution in [0.2, 0.25) is 0 Å². The fourth-order valence-electron chi connectivity index (χ4n) is 1.96. The Hall–Kier alpha value is -1.01. The van der Waals surface area contributed by atoms with Crippen LogP contribution in [-0.2, 0) is 4.74 Å². The molecule has 0 radical (unpaired) electrons. The molecule has 0 aliphatic carbocycles. The molecule has 2 rings (SSSR count). The van der Waals surface area contributed by atoms with Crippen molar-refractivity contribution in [2.45, 2.75) is 31.8 Å². The summed E-state index contributed by atoms with van der Waals surface area (Å²) in [4.78, 5) is 11.0. The number of ether oxygens (including phenoxy) is 1. The van der Waals surface area contributed by atoms with Gasteiger partial charge >= 0.3 is 0 Å². The summed E-state index contributed by atoms with van der Waals surface area (Å²) >= 11 is 4.93. The van der Waals surface area contributed by atoms with Gasteiger partial charge in [-0.15, -0.1) is 0 Å². The maximum absolute atomic E-state index is 5.60. The number of H-pyrrole nitrogens is 1. The Balaban J connectivity index is 2.32. The maximum atomic E-state index is 5.60. The summed E-state index contributed by atoms with van der Waals surface area (Å²) < 4.78 is 5.89. The maximum Gasteiger partial charge on any atom is 0.224 e. The van der Waals surface area contributed by atoms with Gasteiger partial charge in [-0.2, -0.15) is 4.98 Å². The van der Waals surface area contributed by atoms with E-state index in [1.54, 1.807) is 0 Å². The van der Waals surface area contributed by atoms with Crippen molar-refractivity contribution < 1.29 is 4.74 Å². The second-order valence-electron chi connectivity index (χ2n) is 3.61. The second-order valence-corrected chi connectivity index (χ2v) is 3.98. The molecule has 6 heteroatoms. The number of aromatic amines is 1. The lowest BCUT2D eigenvalue weighted by Gasteiger charge is -2.15. The number of hydrogen-bond acceptors (Lipinski definition) is 5. The first-order valence-electron chi connectivity index (χ1n) is 5.06. The quantitative estimate of drug-likeness (QED) is 0.745. The van der Waals surface area contributed by atoms with Crippen molar-refractivity contribution in [1.29, 1.82) is 0 Å². The van der Waals surface area contributed by atoms with Gasteiger partial charge in [0.2, 0.25) is 10.7 Å². The second kappa shape index (κ2) is 4.24. The molecule has 82 valence electrons. The molecule has 1 aliphatic heterocycles. The molecule has 0 saturated carbocycles. The molecule has 1 aromatic rings. The van der Waals surface area contributed by atoms with E-state index in [4.69, 9.17) is 22.7 Å². The first kappa shape index (κ1) is 10.5. The number of rotatable bonds is 2. The monoisotopic (exact) mass is 226 g/mol. The molecule has 0 amide bonds. The Kier molecular flexibility index (Phi) is 2.97. The minimum atomic E-state index is 0.213. The molecule has 2 heterocycles. The summed E-state index contributed by atoms with van der Waals surface area (Å²) in [6.45, 7) is 2.87. The highest BCUT2D eigenvalue weighted by Gasteiger charge is 2.30. The Morgan fingerprint density at radius 2 is 2.40 bits per heavy atom. The number of nitrogens with one attached hydrogen (secondary N) is 1. The molecule has 5 nitrogen and oxygen atoms in total. The van der Waals surface area contributed by atoms with Gasteiger partial charge in [0.15, 0.2) is 0 Å². The van der Waals surface area contributed by atoms with E-state index >= 15 is 0 Å². The first-order valence-corrected chi connectivity index (χ1v) is 5.47. The SMILES string of the molecule is CCC1OCCC1c1nc(=S)nc(N)[nH]1. The van der Waals surface area contributed by atoms with Crippen LogP contribution in [0, 0.1) is 4.77 Å². The largest absolute Gasteiger partial charge is 0.377 e. The third-order valence-electron chi connectivity index (χ3n) is 2.65. The highest BCUT2D eigenvalue weighted by molar-refractivity contribution is 7.71. The van der Waals surface area contributed by atoms with Crippen molar-refractivity contribution in [3.8, 4) is 0 Å². The number of aromatic nitrogens is 3. The van der Waals surface area contributed by atoms with Crippen molar-refractivity contribution >= 4 is 18.2 Å². The fourth-order valence-corrected chi connectivity index (χ4v) is 2.15. The molecule has 0 spiro atoms. The normalized spacial score (nSPS) is 25.7. The van der Waals surface area contributed by atoms with E-state index in [-0.39, 0.29) is 12.0 Å². The van der Waals surface area contributed by atoms with Crippen molar-refractivity contribution in [2.75, 3.05) is 12.3 Å². The molecule has 1 aromatic heterocycles. The molecule has 15 heavy (non-hydrogen) atoms. The van der Waals surface area contributed by atoms with Crippen LogP contribution in [0.5, 0.6) is 0 Å². The van der Waals surface area contributed by atoms with E-state index in [0.29, 0.717) is 10.7 Å². The standard InChI is InChI=1S/C9H14N4OS/c1-2-6-5(3-4-14-6)7-11-8(10)13-9(15)12-7/h5-6H,2-4H2,1H3,(H3,10,11,12,13,15). The van der Waals surface area contributed by atoms with Crippen LogP contribution >= 0.6 is 12.2 Å². The predicted molar refractivity (Wildman–Crippen MR) is 59.0 cm³/mol. The van der Waals surface area contributed by atoms with Crippen molar-refractivity contribution in [3.63, 3.8) is 0 Å². The third kappa shape index (κ3) is 2.15. The van der Waals surface area contributed by atoms with Gasteiger partial charge in [0, 0.05) is 12.5 Å². The molecular formula is C9H14N4OS. The lowest BCUT2D eigenvalue weighted by Crippen LogP contribution is -2.17. The minimum absolute atomic E-state index is 0.213. The molecule has 2 unspecified atom stereocenters. The molecule has 3 N–H and O–H groups in total. The van der Waals surface area contributed by atoms with Gasteiger partial charge in [-0.1, -0.05) is 6.92 Å². The average molecular weight is 226 g/mol. The Morgan fingerprint density at radius 1 is 1.60 bits per heavy atom. The molecule has 1 fully saturated rings. The summed E-state index contributed by atoms with van der Waals surface area (Å²) in [5.41, 5.74) is 5.60. The van der Waals surface area contributed by atoms with E-state index in [9.17, 15) is 0 Å². The number of nitrogen functional groups attached to an aromatic ring is 1. The first-order chi connectivity index (χ1) is 7.20. The van der Waals surface area contributed by atoms with Crippen LogP contribution in [0.4, 0.5) is 5.95 Å². The topological polar surface area (TPSA) is 76.8 Å². The number of nitrogens with two attached hydrogens (primary N) is 1. The van der Waals surface area contributed by atoms with Crippen molar-refractivity contribution in [2.24, 2.45) is 0 Å². The predicted octanol–water partition coefficient (Wildman–Crippen LogP) is 1.40. The van der Waals surface area contributed by atoms with E-state index in [1.807, 2.05) is 0 Å². The van der Waals surface area contributed by atoms with Gasteiger partial charge in [-0.25, -0.2) is 4.98 Å². The van der Waals surface area contributed by atoms with Crippen LogP contribution in [0.15, 0.2) is 0 Å². The average Bonchev–Trinajstić information content (AvgIpc) is 2.63. The molecule has 0 aromatic carbocycles. The van der Waals surface area contributed by atoms with Gasteiger partial charge in [-0.3, -0.25) is 0 Å². The van der Waals surface area contributed by atoms with Gasteiger partial charge in [-0.05, 0) is 25.1 Å².